The first-order valence-corrected chi connectivity index (χ1v) is 6.59. The van der Waals surface area contributed by atoms with Gasteiger partial charge in [-0.3, -0.25) is 0 Å². The monoisotopic (exact) mass is 258 g/mol. The molecule has 0 spiro atoms. The van der Waals surface area contributed by atoms with Crippen LogP contribution in [0.2, 0.25) is 11.6 Å². The second kappa shape index (κ2) is 3.38. The van der Waals surface area contributed by atoms with Gasteiger partial charge in [-0.15, -0.1) is 0 Å². The third-order valence-corrected chi connectivity index (χ3v) is 5.26. The average molecular weight is 258 g/mol. The van der Waals surface area contributed by atoms with Gasteiger partial charge in [-0.05, 0) is 5.54 Å². The molecule has 7 heteroatoms. The molecule has 2 bridgehead atoms. The van der Waals surface area contributed by atoms with Gasteiger partial charge in [0.05, 0.1) is 0 Å². The summed E-state index contributed by atoms with van der Waals surface area (Å²) in [6.07, 6.45) is -7.14. The third kappa shape index (κ3) is 1.81. The second-order valence-corrected chi connectivity index (χ2v) is 6.03. The minimum absolute atomic E-state index is 0.287. The first kappa shape index (κ1) is 11.8. The lowest BCUT2D eigenvalue weighted by Gasteiger charge is -2.37. The Kier molecular flexibility index (Phi) is 2.48. The number of allylic oxidation sites excluding steroid dienone is 4. The highest BCUT2D eigenvalue weighted by Gasteiger charge is 2.53. The molecular weight excluding hydrogens is 250 g/mol. The van der Waals surface area contributed by atoms with E-state index in [1.54, 1.807) is 0 Å². The van der Waals surface area contributed by atoms with E-state index < -0.39 is 44.5 Å². The number of hydrogen-bond donors (Lipinski definition) is 0. The Hall–Kier alpha value is -0.723. The number of rotatable bonds is 0. The smallest absolute Gasteiger partial charge is 0.166 e. The van der Waals surface area contributed by atoms with E-state index in [9.17, 15) is 26.3 Å². The van der Waals surface area contributed by atoms with Gasteiger partial charge >= 0.3 is 12.4 Å². The van der Waals surface area contributed by atoms with Crippen LogP contribution in [0, 0.1) is 5.92 Å². The maximum absolute atomic E-state index is 12.6. The second-order valence-electron chi connectivity index (χ2n) is 4.00. The van der Waals surface area contributed by atoms with Gasteiger partial charge in [0.2, 0.25) is 0 Å². The topological polar surface area (TPSA) is 0 Å². The molecule has 2 atom stereocenters. The van der Waals surface area contributed by atoms with Crippen LogP contribution in [-0.4, -0.2) is 21.9 Å². The van der Waals surface area contributed by atoms with Crippen molar-refractivity contribution in [1.82, 2.24) is 0 Å². The van der Waals surface area contributed by atoms with Crippen LogP contribution in [0.1, 0.15) is 0 Å². The van der Waals surface area contributed by atoms with Gasteiger partial charge in [-0.2, -0.15) is 26.3 Å². The normalized spacial score (nSPS) is 31.6. The van der Waals surface area contributed by atoms with Gasteiger partial charge < -0.3 is 0 Å². The molecule has 1 aliphatic carbocycles. The van der Waals surface area contributed by atoms with Crippen molar-refractivity contribution >= 4 is 9.52 Å². The molecule has 0 aromatic carbocycles. The van der Waals surface area contributed by atoms with Crippen molar-refractivity contribution in [3.05, 3.63) is 23.3 Å². The van der Waals surface area contributed by atoms with E-state index in [2.05, 4.69) is 0 Å². The maximum Gasteiger partial charge on any atom is 0.413 e. The van der Waals surface area contributed by atoms with E-state index in [0.717, 1.165) is 0 Å². The summed E-state index contributed by atoms with van der Waals surface area (Å²) in [5.74, 6) is -1.06. The van der Waals surface area contributed by atoms with Gasteiger partial charge in [-0.25, -0.2) is 0 Å². The van der Waals surface area contributed by atoms with E-state index in [-0.39, 0.29) is 6.04 Å². The van der Waals surface area contributed by atoms with E-state index in [1.807, 2.05) is 0 Å². The summed E-state index contributed by atoms with van der Waals surface area (Å²) >= 11 is 0. The Labute approximate surface area is 89.8 Å². The molecule has 0 aromatic rings. The van der Waals surface area contributed by atoms with Crippen LogP contribution in [0.4, 0.5) is 26.3 Å². The minimum atomic E-state index is -4.87. The SMILES string of the molecule is FC(F)(F)C1=C(C(F)(F)F)C2C=CC1C[SiH2]2. The van der Waals surface area contributed by atoms with E-state index in [1.165, 1.54) is 12.2 Å². The zero-order valence-corrected chi connectivity index (χ0v) is 9.41. The molecule has 16 heavy (non-hydrogen) atoms. The van der Waals surface area contributed by atoms with Gasteiger partial charge in [0.1, 0.15) is 0 Å². The predicted octanol–water partition coefficient (Wildman–Crippen LogP) is 2.98. The summed E-state index contributed by atoms with van der Waals surface area (Å²) in [6, 6.07) is 0.287. The Bertz CT molecular complexity index is 327. The van der Waals surface area contributed by atoms with Crippen molar-refractivity contribution < 1.29 is 26.3 Å². The summed E-state index contributed by atoms with van der Waals surface area (Å²) in [4.78, 5) is 0. The molecule has 0 nitrogen and oxygen atoms in total. The van der Waals surface area contributed by atoms with Crippen molar-refractivity contribution in [2.24, 2.45) is 5.92 Å². The maximum atomic E-state index is 12.6. The Morgan fingerprint density at radius 3 is 1.81 bits per heavy atom. The number of alkyl halides is 6. The minimum Gasteiger partial charge on any atom is -0.166 e. The van der Waals surface area contributed by atoms with Crippen molar-refractivity contribution in [2.45, 2.75) is 23.9 Å². The Balaban J connectivity index is 2.56. The highest BCUT2D eigenvalue weighted by molar-refractivity contribution is 6.41. The van der Waals surface area contributed by atoms with Crippen molar-refractivity contribution in [3.8, 4) is 0 Å². The largest absolute Gasteiger partial charge is 0.413 e. The number of fused-ring (bicyclic) bond motifs is 1. The van der Waals surface area contributed by atoms with Crippen molar-refractivity contribution in [3.63, 3.8) is 0 Å². The van der Waals surface area contributed by atoms with Gasteiger partial charge in [-0.1, -0.05) is 18.2 Å². The van der Waals surface area contributed by atoms with Crippen molar-refractivity contribution in [2.75, 3.05) is 0 Å². The molecule has 0 saturated heterocycles. The van der Waals surface area contributed by atoms with Crippen molar-refractivity contribution in [1.29, 1.82) is 0 Å². The standard InChI is InChI=1S/C9H8F6Si/c10-8(11,12)6-4-1-2-5(16-3-4)7(6)9(13,14)15/h1-2,4-5H,3,16H2. The predicted molar refractivity (Wildman–Crippen MR) is 48.9 cm³/mol. The molecule has 3 rings (SSSR count). The van der Waals surface area contributed by atoms with Crippen LogP contribution >= 0.6 is 0 Å². The molecule has 0 fully saturated rings. The summed E-state index contributed by atoms with van der Waals surface area (Å²) in [7, 11) is -1.11. The molecule has 0 amide bonds. The highest BCUT2D eigenvalue weighted by atomic mass is 28.2. The van der Waals surface area contributed by atoms with Crippen LogP contribution in [0.25, 0.3) is 0 Å². The lowest BCUT2D eigenvalue weighted by Crippen LogP contribution is -2.36. The molecular formula is C9H8F6Si. The Morgan fingerprint density at radius 1 is 0.938 bits per heavy atom. The zero-order chi connectivity index (χ0) is 12.1. The van der Waals surface area contributed by atoms with Crippen LogP contribution in [0.5, 0.6) is 0 Å². The fraction of sp³-hybridized carbons (Fsp3) is 0.556. The average Bonchev–Trinajstić information content (AvgIpc) is 2.15. The molecule has 0 saturated carbocycles. The summed E-state index contributed by atoms with van der Waals surface area (Å²) in [5.41, 5.74) is -3.67. The zero-order valence-electron chi connectivity index (χ0n) is 7.99. The van der Waals surface area contributed by atoms with E-state index in [0.29, 0.717) is 0 Å². The van der Waals surface area contributed by atoms with Gasteiger partial charge in [0, 0.05) is 26.6 Å². The fourth-order valence-corrected chi connectivity index (χ4v) is 4.72. The van der Waals surface area contributed by atoms with E-state index >= 15 is 0 Å². The molecule has 2 aliphatic heterocycles. The number of halogens is 6. The van der Waals surface area contributed by atoms with E-state index in [4.69, 9.17) is 0 Å². The molecule has 0 radical (unpaired) electrons. The fourth-order valence-electron chi connectivity index (χ4n) is 2.43. The van der Waals surface area contributed by atoms with Gasteiger partial charge in [0.25, 0.3) is 0 Å². The van der Waals surface area contributed by atoms with Crippen LogP contribution < -0.4 is 0 Å². The molecule has 3 aliphatic rings. The molecule has 0 N–H and O–H groups in total. The summed E-state index contributed by atoms with van der Waals surface area (Å²) < 4.78 is 75.6. The third-order valence-electron chi connectivity index (χ3n) is 3.01. The van der Waals surface area contributed by atoms with Crippen LogP contribution in [0.15, 0.2) is 23.3 Å². The van der Waals surface area contributed by atoms with Crippen LogP contribution in [-0.2, 0) is 0 Å². The lowest BCUT2D eigenvalue weighted by atomic mass is 9.86. The van der Waals surface area contributed by atoms with Crippen LogP contribution in [0.3, 0.4) is 0 Å². The Morgan fingerprint density at radius 2 is 1.50 bits per heavy atom. The molecule has 90 valence electrons. The first-order chi connectivity index (χ1) is 7.21. The highest BCUT2D eigenvalue weighted by Crippen LogP contribution is 2.52. The number of hydrogen-bond acceptors (Lipinski definition) is 0. The summed E-state index contributed by atoms with van der Waals surface area (Å²) in [6.45, 7) is 0. The quantitative estimate of drug-likeness (QED) is 0.356. The summed E-state index contributed by atoms with van der Waals surface area (Å²) in [5, 5.41) is 0. The molecule has 2 heterocycles. The molecule has 2 unspecified atom stereocenters. The first-order valence-electron chi connectivity index (χ1n) is 4.78. The lowest BCUT2D eigenvalue weighted by molar-refractivity contribution is -0.121. The molecule has 0 aromatic heterocycles. The van der Waals surface area contributed by atoms with Gasteiger partial charge in [0.15, 0.2) is 0 Å².